The fourth-order valence-electron chi connectivity index (χ4n) is 3.51. The number of hydrogen-bond acceptors (Lipinski definition) is 4. The molecule has 1 aliphatic heterocycles. The van der Waals surface area contributed by atoms with Crippen molar-refractivity contribution in [1.82, 2.24) is 9.21 Å². The summed E-state index contributed by atoms with van der Waals surface area (Å²) in [5.74, 6) is 0.209. The zero-order valence-electron chi connectivity index (χ0n) is 15.8. The molecule has 0 bridgehead atoms. The Morgan fingerprint density at radius 2 is 1.71 bits per heavy atom. The van der Waals surface area contributed by atoms with Crippen molar-refractivity contribution < 1.29 is 13.2 Å². The second-order valence-electron chi connectivity index (χ2n) is 6.93. The summed E-state index contributed by atoms with van der Waals surface area (Å²) in [4.78, 5) is 14.3. The molecule has 1 saturated heterocycles. The molecule has 0 atom stereocenters. The van der Waals surface area contributed by atoms with E-state index in [-0.39, 0.29) is 22.9 Å². The first-order valence-electron chi connectivity index (χ1n) is 9.21. The summed E-state index contributed by atoms with van der Waals surface area (Å²) in [5, 5.41) is 9.16. The number of sulfonamides is 1. The number of nitrogens with zero attached hydrogens (tertiary/aromatic N) is 3. The van der Waals surface area contributed by atoms with Crippen LogP contribution in [0.15, 0.2) is 59.5 Å². The SMILES string of the molecule is CN(CC(=O)N1CCC(c2ccccc2)CC1)S(=O)(=O)c1ccccc1C#N. The number of benzene rings is 2. The van der Waals surface area contributed by atoms with Crippen LogP contribution in [0.1, 0.15) is 29.9 Å². The van der Waals surface area contributed by atoms with Gasteiger partial charge in [0.05, 0.1) is 17.0 Å². The van der Waals surface area contributed by atoms with Crippen molar-refractivity contribution in [3.8, 4) is 6.07 Å². The van der Waals surface area contributed by atoms with E-state index < -0.39 is 10.0 Å². The Bertz CT molecular complexity index is 975. The Balaban J connectivity index is 1.63. The van der Waals surface area contributed by atoms with Crippen LogP contribution in [0, 0.1) is 11.3 Å². The van der Waals surface area contributed by atoms with Crippen LogP contribution in [0.5, 0.6) is 0 Å². The molecule has 0 aromatic heterocycles. The van der Waals surface area contributed by atoms with E-state index in [9.17, 15) is 13.2 Å². The number of hydrogen-bond donors (Lipinski definition) is 0. The van der Waals surface area contributed by atoms with Crippen molar-refractivity contribution in [3.63, 3.8) is 0 Å². The van der Waals surface area contributed by atoms with E-state index in [2.05, 4.69) is 12.1 Å². The van der Waals surface area contributed by atoms with Crippen molar-refractivity contribution in [2.24, 2.45) is 0 Å². The number of nitriles is 1. The van der Waals surface area contributed by atoms with Gasteiger partial charge in [-0.1, -0.05) is 42.5 Å². The molecule has 0 aliphatic carbocycles. The fourth-order valence-corrected chi connectivity index (χ4v) is 4.77. The van der Waals surface area contributed by atoms with E-state index in [0.717, 1.165) is 17.1 Å². The summed E-state index contributed by atoms with van der Waals surface area (Å²) in [6.45, 7) is 0.986. The molecule has 1 fully saturated rings. The van der Waals surface area contributed by atoms with Gasteiger partial charge in [-0.2, -0.15) is 9.57 Å². The highest BCUT2D eigenvalue weighted by Crippen LogP contribution is 2.28. The van der Waals surface area contributed by atoms with Gasteiger partial charge in [0.25, 0.3) is 0 Å². The molecular weight excluding hydrogens is 374 g/mol. The van der Waals surface area contributed by atoms with E-state index in [1.807, 2.05) is 24.3 Å². The summed E-state index contributed by atoms with van der Waals surface area (Å²) < 4.78 is 26.6. The van der Waals surface area contributed by atoms with Gasteiger partial charge in [0.15, 0.2) is 0 Å². The van der Waals surface area contributed by atoms with Crippen molar-refractivity contribution in [1.29, 1.82) is 5.26 Å². The third kappa shape index (κ3) is 4.24. The minimum Gasteiger partial charge on any atom is -0.342 e. The van der Waals surface area contributed by atoms with Crippen LogP contribution >= 0.6 is 0 Å². The Morgan fingerprint density at radius 3 is 2.36 bits per heavy atom. The monoisotopic (exact) mass is 397 g/mol. The summed E-state index contributed by atoms with van der Waals surface area (Å²) >= 11 is 0. The normalized spacial score (nSPS) is 15.4. The van der Waals surface area contributed by atoms with Gasteiger partial charge in [0, 0.05) is 20.1 Å². The third-order valence-electron chi connectivity index (χ3n) is 5.17. The van der Waals surface area contributed by atoms with Gasteiger partial charge in [-0.05, 0) is 36.5 Å². The lowest BCUT2D eigenvalue weighted by molar-refractivity contribution is -0.132. The summed E-state index contributed by atoms with van der Waals surface area (Å²) in [7, 11) is -2.53. The lowest BCUT2D eigenvalue weighted by Gasteiger charge is -2.33. The van der Waals surface area contributed by atoms with Crippen molar-refractivity contribution in [2.45, 2.75) is 23.7 Å². The van der Waals surface area contributed by atoms with E-state index in [1.165, 1.54) is 24.7 Å². The smallest absolute Gasteiger partial charge is 0.244 e. The molecule has 0 spiro atoms. The van der Waals surface area contributed by atoms with Gasteiger partial charge in [-0.25, -0.2) is 8.42 Å². The minimum absolute atomic E-state index is 0.0735. The molecule has 146 valence electrons. The van der Waals surface area contributed by atoms with Crippen LogP contribution in [0.2, 0.25) is 0 Å². The molecule has 28 heavy (non-hydrogen) atoms. The van der Waals surface area contributed by atoms with Crippen LogP contribution < -0.4 is 0 Å². The lowest BCUT2D eigenvalue weighted by atomic mass is 9.89. The maximum Gasteiger partial charge on any atom is 0.244 e. The Hall–Kier alpha value is -2.69. The van der Waals surface area contributed by atoms with Gasteiger partial charge in [0.2, 0.25) is 15.9 Å². The van der Waals surface area contributed by atoms with Gasteiger partial charge < -0.3 is 4.90 Å². The molecule has 1 amide bonds. The number of piperidine rings is 1. The summed E-state index contributed by atoms with van der Waals surface area (Å²) in [6, 6.07) is 18.2. The van der Waals surface area contributed by atoms with Crippen molar-refractivity contribution in [2.75, 3.05) is 26.7 Å². The maximum atomic E-state index is 12.8. The third-order valence-corrected chi connectivity index (χ3v) is 7.03. The standard InChI is InChI=1S/C21H23N3O3S/c1-23(28(26,27)20-10-6-5-9-19(20)15-22)16-21(25)24-13-11-18(12-14-24)17-7-3-2-4-8-17/h2-10,18H,11-14,16H2,1H3. The number of amides is 1. The second kappa shape index (κ2) is 8.55. The van der Waals surface area contributed by atoms with Gasteiger partial charge >= 0.3 is 0 Å². The average molecular weight is 398 g/mol. The number of rotatable bonds is 5. The zero-order chi connectivity index (χ0) is 20.1. The molecule has 2 aromatic carbocycles. The van der Waals surface area contributed by atoms with E-state index in [0.29, 0.717) is 19.0 Å². The Labute approximate surface area is 166 Å². The second-order valence-corrected chi connectivity index (χ2v) is 8.95. The molecule has 7 heteroatoms. The first kappa shape index (κ1) is 20.1. The zero-order valence-corrected chi connectivity index (χ0v) is 16.6. The predicted molar refractivity (Wildman–Crippen MR) is 106 cm³/mol. The number of likely N-dealkylation sites (tertiary alicyclic amines) is 1. The molecule has 1 heterocycles. The fraction of sp³-hybridized carbons (Fsp3) is 0.333. The van der Waals surface area contributed by atoms with Crippen LogP contribution in [-0.2, 0) is 14.8 Å². The van der Waals surface area contributed by atoms with Crippen molar-refractivity contribution in [3.05, 3.63) is 65.7 Å². The first-order valence-corrected chi connectivity index (χ1v) is 10.7. The molecule has 6 nitrogen and oxygen atoms in total. The molecule has 3 rings (SSSR count). The molecule has 2 aromatic rings. The van der Waals surface area contributed by atoms with Gasteiger partial charge in [-0.15, -0.1) is 0 Å². The quantitative estimate of drug-likeness (QED) is 0.777. The number of carbonyl (C=O) groups excluding carboxylic acids is 1. The van der Waals surface area contributed by atoms with Gasteiger partial charge in [-0.3, -0.25) is 4.79 Å². The highest BCUT2D eigenvalue weighted by molar-refractivity contribution is 7.89. The van der Waals surface area contributed by atoms with Crippen LogP contribution in [0.3, 0.4) is 0 Å². The maximum absolute atomic E-state index is 12.8. The Kier molecular flexibility index (Phi) is 6.12. The molecule has 0 radical (unpaired) electrons. The molecule has 0 N–H and O–H groups in total. The largest absolute Gasteiger partial charge is 0.342 e. The molecule has 1 aliphatic rings. The van der Waals surface area contributed by atoms with E-state index in [1.54, 1.807) is 17.0 Å². The highest BCUT2D eigenvalue weighted by atomic mass is 32.2. The van der Waals surface area contributed by atoms with Crippen molar-refractivity contribution >= 4 is 15.9 Å². The molecular formula is C21H23N3O3S. The van der Waals surface area contributed by atoms with E-state index in [4.69, 9.17) is 5.26 Å². The molecule has 0 unspecified atom stereocenters. The highest BCUT2D eigenvalue weighted by Gasteiger charge is 2.29. The van der Waals surface area contributed by atoms with Crippen LogP contribution in [0.25, 0.3) is 0 Å². The predicted octanol–water partition coefficient (Wildman–Crippen LogP) is 2.58. The number of likely N-dealkylation sites (N-methyl/N-ethyl adjacent to an activating group) is 1. The Morgan fingerprint density at radius 1 is 1.11 bits per heavy atom. The minimum atomic E-state index is -3.91. The number of carbonyl (C=O) groups is 1. The lowest BCUT2D eigenvalue weighted by Crippen LogP contribution is -2.44. The topological polar surface area (TPSA) is 81.5 Å². The first-order chi connectivity index (χ1) is 13.4. The van der Waals surface area contributed by atoms with Crippen LogP contribution in [0.4, 0.5) is 0 Å². The van der Waals surface area contributed by atoms with Gasteiger partial charge in [0.1, 0.15) is 6.07 Å². The van der Waals surface area contributed by atoms with E-state index >= 15 is 0 Å². The summed E-state index contributed by atoms with van der Waals surface area (Å²) in [5.41, 5.74) is 1.35. The average Bonchev–Trinajstić information content (AvgIpc) is 2.74. The summed E-state index contributed by atoms with van der Waals surface area (Å²) in [6.07, 6.45) is 1.73. The molecule has 0 saturated carbocycles. The van der Waals surface area contributed by atoms with Crippen LogP contribution in [-0.4, -0.2) is 50.2 Å².